The molecule has 4 aromatic rings. The van der Waals surface area contributed by atoms with E-state index in [0.717, 1.165) is 11.1 Å². The molecule has 1 aliphatic rings. The molecule has 0 spiro atoms. The van der Waals surface area contributed by atoms with Gasteiger partial charge >= 0.3 is 5.97 Å². The predicted octanol–water partition coefficient (Wildman–Crippen LogP) is 6.77. The van der Waals surface area contributed by atoms with Gasteiger partial charge in [0.1, 0.15) is 41.2 Å². The van der Waals surface area contributed by atoms with Crippen molar-refractivity contribution < 1.29 is 23.7 Å². The maximum atomic E-state index is 12.4. The average Bonchev–Trinajstić information content (AvgIpc) is 2.95. The molecule has 0 amide bonds. The highest BCUT2D eigenvalue weighted by atomic mass is 35.5. The minimum atomic E-state index is -0.628. The van der Waals surface area contributed by atoms with E-state index in [0.29, 0.717) is 32.9 Å². The molecular formula is C31H22Cl2N2O5. The Bertz CT molecular complexity index is 1650. The van der Waals surface area contributed by atoms with E-state index in [1.54, 1.807) is 48.5 Å². The van der Waals surface area contributed by atoms with E-state index in [9.17, 15) is 10.1 Å². The van der Waals surface area contributed by atoms with Crippen LogP contribution in [-0.2, 0) is 11.4 Å². The van der Waals surface area contributed by atoms with E-state index in [-0.39, 0.29) is 30.4 Å². The average molecular weight is 573 g/mol. The number of carbonyl (C=O) groups excluding carboxylic acids is 1. The van der Waals surface area contributed by atoms with Gasteiger partial charge in [-0.15, -0.1) is 0 Å². The first-order chi connectivity index (χ1) is 19.4. The Labute approximate surface area is 240 Å². The zero-order valence-corrected chi connectivity index (χ0v) is 22.5. The van der Waals surface area contributed by atoms with Gasteiger partial charge < -0.3 is 24.7 Å². The number of nitriles is 1. The fourth-order valence-electron chi connectivity index (χ4n) is 4.26. The summed E-state index contributed by atoms with van der Waals surface area (Å²) < 4.78 is 22.6. The van der Waals surface area contributed by atoms with Gasteiger partial charge in [0.25, 0.3) is 0 Å². The molecule has 200 valence electrons. The third kappa shape index (κ3) is 5.99. The van der Waals surface area contributed by atoms with Crippen LogP contribution in [0.15, 0.2) is 102 Å². The number of hydrogen-bond acceptors (Lipinski definition) is 7. The lowest BCUT2D eigenvalue weighted by atomic mass is 9.83. The molecule has 7 nitrogen and oxygen atoms in total. The molecule has 0 saturated heterocycles. The Balaban J connectivity index is 1.35. The third-order valence-electron chi connectivity index (χ3n) is 6.15. The molecule has 1 atom stereocenters. The summed E-state index contributed by atoms with van der Waals surface area (Å²) in [7, 11) is 0. The van der Waals surface area contributed by atoms with Crippen LogP contribution in [0, 0.1) is 11.3 Å². The highest BCUT2D eigenvalue weighted by molar-refractivity contribution is 6.32. The smallest absolute Gasteiger partial charge is 0.349 e. The molecule has 1 aliphatic heterocycles. The normalized spacial score (nSPS) is 14.0. The lowest BCUT2D eigenvalue weighted by molar-refractivity contribution is -0.136. The lowest BCUT2D eigenvalue weighted by Gasteiger charge is -2.27. The number of rotatable bonds is 8. The van der Waals surface area contributed by atoms with Crippen molar-refractivity contribution in [2.45, 2.75) is 12.5 Å². The molecule has 1 heterocycles. The third-order valence-corrected chi connectivity index (χ3v) is 6.83. The summed E-state index contributed by atoms with van der Waals surface area (Å²) in [6.45, 7) is -0.0581. The largest absolute Gasteiger partial charge is 0.489 e. The molecule has 0 fully saturated rings. The number of nitrogens with two attached hydrogens (primary N) is 1. The first-order valence-electron chi connectivity index (χ1n) is 12.2. The molecule has 0 aliphatic carbocycles. The second-order valence-corrected chi connectivity index (χ2v) is 9.58. The van der Waals surface area contributed by atoms with Gasteiger partial charge in [0.15, 0.2) is 6.61 Å². The molecule has 4 aromatic carbocycles. The Morgan fingerprint density at radius 3 is 2.45 bits per heavy atom. The number of carbonyl (C=O) groups is 1. The number of nitrogens with zero attached hydrogens (tertiary/aromatic N) is 1. The fourth-order valence-corrected chi connectivity index (χ4v) is 4.64. The van der Waals surface area contributed by atoms with Gasteiger partial charge in [0.05, 0.1) is 10.9 Å². The van der Waals surface area contributed by atoms with E-state index in [4.69, 9.17) is 47.9 Å². The van der Waals surface area contributed by atoms with E-state index < -0.39 is 11.9 Å². The second-order valence-electron chi connectivity index (χ2n) is 8.77. The van der Waals surface area contributed by atoms with Crippen molar-refractivity contribution in [3.8, 4) is 29.1 Å². The van der Waals surface area contributed by atoms with Gasteiger partial charge in [-0.1, -0.05) is 71.7 Å². The lowest BCUT2D eigenvalue weighted by Crippen LogP contribution is -2.21. The summed E-state index contributed by atoms with van der Waals surface area (Å²) >= 11 is 12.3. The first-order valence-corrected chi connectivity index (χ1v) is 12.9. The summed E-state index contributed by atoms with van der Waals surface area (Å²) in [5.41, 5.74) is 8.72. The maximum Gasteiger partial charge on any atom is 0.349 e. The van der Waals surface area contributed by atoms with E-state index in [1.165, 1.54) is 0 Å². The first kappa shape index (κ1) is 26.9. The SMILES string of the molecule is N#CC1=C(N)Oc2cc(OC(=O)COc3ccccc3Cl)ccc2C1c1cccc(OCc2ccccc2Cl)c1. The van der Waals surface area contributed by atoms with Crippen LogP contribution >= 0.6 is 23.2 Å². The number of ether oxygens (including phenoxy) is 4. The number of esters is 1. The molecule has 0 radical (unpaired) electrons. The molecule has 5 rings (SSSR count). The monoisotopic (exact) mass is 572 g/mol. The molecule has 0 aromatic heterocycles. The number of halogens is 2. The zero-order chi connectivity index (χ0) is 28.1. The quantitative estimate of drug-likeness (QED) is 0.183. The molecule has 1 unspecified atom stereocenters. The van der Waals surface area contributed by atoms with Gasteiger partial charge in [0.2, 0.25) is 5.88 Å². The number of para-hydroxylation sites is 1. The highest BCUT2D eigenvalue weighted by Crippen LogP contribution is 2.44. The van der Waals surface area contributed by atoms with Crippen molar-refractivity contribution in [2.75, 3.05) is 6.61 Å². The van der Waals surface area contributed by atoms with Crippen LogP contribution in [-0.4, -0.2) is 12.6 Å². The van der Waals surface area contributed by atoms with Crippen molar-refractivity contribution in [3.05, 3.63) is 129 Å². The van der Waals surface area contributed by atoms with Crippen LogP contribution in [0.25, 0.3) is 0 Å². The Kier molecular flexibility index (Phi) is 8.11. The minimum Gasteiger partial charge on any atom is -0.489 e. The van der Waals surface area contributed by atoms with Crippen LogP contribution in [0.4, 0.5) is 0 Å². The summed E-state index contributed by atoms with van der Waals surface area (Å²) in [4.78, 5) is 12.4. The van der Waals surface area contributed by atoms with Crippen LogP contribution < -0.4 is 24.7 Å². The molecular weight excluding hydrogens is 551 g/mol. The maximum absolute atomic E-state index is 12.4. The van der Waals surface area contributed by atoms with E-state index in [2.05, 4.69) is 6.07 Å². The fraction of sp³-hybridized carbons (Fsp3) is 0.0968. The summed E-state index contributed by atoms with van der Waals surface area (Å²) in [6.07, 6.45) is 0. The highest BCUT2D eigenvalue weighted by Gasteiger charge is 2.31. The Morgan fingerprint density at radius 2 is 1.68 bits per heavy atom. The Hall–Kier alpha value is -4.64. The van der Waals surface area contributed by atoms with E-state index in [1.807, 2.05) is 42.5 Å². The molecule has 9 heteroatoms. The summed E-state index contributed by atoms with van der Waals surface area (Å²) in [6, 6.07) is 28.7. The van der Waals surface area contributed by atoms with Crippen LogP contribution in [0.2, 0.25) is 10.0 Å². The second kappa shape index (κ2) is 12.0. The van der Waals surface area contributed by atoms with Gasteiger partial charge in [-0.3, -0.25) is 0 Å². The Morgan fingerprint density at radius 1 is 0.900 bits per heavy atom. The number of allylic oxidation sites excluding steroid dienone is 1. The summed E-state index contributed by atoms with van der Waals surface area (Å²) in [5, 5.41) is 10.9. The molecule has 0 bridgehead atoms. The van der Waals surface area contributed by atoms with Crippen molar-refractivity contribution in [1.29, 1.82) is 5.26 Å². The van der Waals surface area contributed by atoms with Gasteiger partial charge in [-0.2, -0.15) is 5.26 Å². The molecule has 40 heavy (non-hydrogen) atoms. The molecule has 0 saturated carbocycles. The van der Waals surface area contributed by atoms with Gasteiger partial charge in [-0.05, 0) is 42.0 Å². The number of benzene rings is 4. The topological polar surface area (TPSA) is 104 Å². The van der Waals surface area contributed by atoms with E-state index >= 15 is 0 Å². The molecule has 2 N–H and O–H groups in total. The van der Waals surface area contributed by atoms with Crippen LogP contribution in [0.1, 0.15) is 22.6 Å². The van der Waals surface area contributed by atoms with Crippen molar-refractivity contribution in [3.63, 3.8) is 0 Å². The van der Waals surface area contributed by atoms with Crippen molar-refractivity contribution in [2.24, 2.45) is 5.73 Å². The minimum absolute atomic E-state index is 0.0343. The van der Waals surface area contributed by atoms with Crippen molar-refractivity contribution in [1.82, 2.24) is 0 Å². The standard InChI is InChI=1S/C31H22Cl2N2O5/c32-25-9-2-1-6-20(25)17-37-21-8-5-7-19(14-21)30-23-13-12-22(15-28(23)40-31(35)24(30)16-34)39-29(36)18-38-27-11-4-3-10-26(27)33/h1-15,30H,17-18,35H2. The van der Waals surface area contributed by atoms with Crippen molar-refractivity contribution >= 4 is 29.2 Å². The summed E-state index contributed by atoms with van der Waals surface area (Å²) in [5.74, 6) is 0.385. The predicted molar refractivity (Wildman–Crippen MR) is 151 cm³/mol. The van der Waals surface area contributed by atoms with Crippen LogP contribution in [0.5, 0.6) is 23.0 Å². The van der Waals surface area contributed by atoms with Gasteiger partial charge in [0, 0.05) is 22.2 Å². The van der Waals surface area contributed by atoms with Crippen LogP contribution in [0.3, 0.4) is 0 Å². The van der Waals surface area contributed by atoms with Gasteiger partial charge in [-0.25, -0.2) is 4.79 Å². The number of fused-ring (bicyclic) bond motifs is 1. The number of hydrogen-bond donors (Lipinski definition) is 1. The zero-order valence-electron chi connectivity index (χ0n) is 21.0.